The maximum atomic E-state index is 11.6. The number of hydrogen-bond acceptors (Lipinski definition) is 4. The van der Waals surface area contributed by atoms with Gasteiger partial charge in [-0.2, -0.15) is 0 Å². The van der Waals surface area contributed by atoms with E-state index in [1.54, 1.807) is 6.08 Å². The molecule has 0 spiro atoms. The van der Waals surface area contributed by atoms with Crippen LogP contribution in [-0.4, -0.2) is 11.1 Å². The molecular formula is C18H13Br2NO3S. The lowest BCUT2D eigenvalue weighted by Gasteiger charge is -2.12. The first-order valence-electron chi connectivity index (χ1n) is 7.34. The second-order valence-corrected chi connectivity index (χ2v) is 8.17. The van der Waals surface area contributed by atoms with Crippen LogP contribution in [0.5, 0.6) is 5.75 Å². The smallest absolute Gasteiger partial charge is 0.290 e. The van der Waals surface area contributed by atoms with Crippen LogP contribution in [0.1, 0.15) is 16.7 Å². The summed E-state index contributed by atoms with van der Waals surface area (Å²) >= 11 is 7.90. The highest BCUT2D eigenvalue weighted by Gasteiger charge is 2.25. The van der Waals surface area contributed by atoms with E-state index in [4.69, 9.17) is 4.74 Å². The fourth-order valence-corrected chi connectivity index (χ4v) is 4.46. The number of aryl methyl sites for hydroxylation is 1. The molecule has 1 saturated heterocycles. The third kappa shape index (κ3) is 4.54. The molecule has 1 aliphatic rings. The molecule has 4 nitrogen and oxygen atoms in total. The highest BCUT2D eigenvalue weighted by Crippen LogP contribution is 2.37. The lowest BCUT2D eigenvalue weighted by atomic mass is 10.1. The number of carbonyl (C=O) groups excluding carboxylic acids is 2. The molecule has 128 valence electrons. The largest absolute Gasteiger partial charge is 0.487 e. The van der Waals surface area contributed by atoms with Crippen molar-refractivity contribution in [2.24, 2.45) is 0 Å². The Kier molecular flexibility index (Phi) is 5.66. The normalized spacial score (nSPS) is 15.6. The molecule has 25 heavy (non-hydrogen) atoms. The second kappa shape index (κ2) is 7.76. The van der Waals surface area contributed by atoms with Gasteiger partial charge in [0, 0.05) is 0 Å². The van der Waals surface area contributed by atoms with E-state index in [0.717, 1.165) is 31.8 Å². The number of ether oxygens (including phenoxy) is 1. The van der Waals surface area contributed by atoms with Gasteiger partial charge < -0.3 is 4.74 Å². The number of halogens is 2. The maximum Gasteiger partial charge on any atom is 0.290 e. The van der Waals surface area contributed by atoms with Crippen molar-refractivity contribution >= 4 is 60.8 Å². The predicted molar refractivity (Wildman–Crippen MR) is 106 cm³/mol. The molecule has 0 atom stereocenters. The first kappa shape index (κ1) is 18.2. The number of rotatable bonds is 4. The van der Waals surface area contributed by atoms with Gasteiger partial charge in [0.1, 0.15) is 12.4 Å². The van der Waals surface area contributed by atoms with Gasteiger partial charge in [0.05, 0.1) is 13.9 Å². The Morgan fingerprint density at radius 1 is 1.16 bits per heavy atom. The number of hydrogen-bond donors (Lipinski definition) is 1. The number of nitrogens with one attached hydrogen (secondary N) is 1. The highest BCUT2D eigenvalue weighted by molar-refractivity contribution is 9.11. The standard InChI is InChI=1S/C18H13Br2NO3S/c1-10-3-2-4-11(5-10)9-24-16-13(19)6-12(7-14(16)20)8-15-17(22)21-18(23)25-15/h2-8H,9H2,1H3,(H,21,22,23)/b15-8-. The van der Waals surface area contributed by atoms with Crippen LogP contribution >= 0.6 is 43.6 Å². The minimum absolute atomic E-state index is 0.354. The Balaban J connectivity index is 1.80. The van der Waals surface area contributed by atoms with Crippen LogP contribution in [0.4, 0.5) is 4.79 Å². The second-order valence-electron chi connectivity index (χ2n) is 5.44. The summed E-state index contributed by atoms with van der Waals surface area (Å²) in [4.78, 5) is 23.3. The van der Waals surface area contributed by atoms with Crippen molar-refractivity contribution in [1.29, 1.82) is 0 Å². The Labute approximate surface area is 166 Å². The third-order valence-corrected chi connectivity index (χ3v) is 5.41. The van der Waals surface area contributed by atoms with Crippen molar-refractivity contribution in [3.8, 4) is 5.75 Å². The summed E-state index contributed by atoms with van der Waals surface area (Å²) in [6, 6.07) is 11.8. The molecule has 3 rings (SSSR count). The van der Waals surface area contributed by atoms with E-state index >= 15 is 0 Å². The number of thioether (sulfide) groups is 1. The number of carbonyl (C=O) groups is 2. The third-order valence-electron chi connectivity index (χ3n) is 3.43. The fourth-order valence-electron chi connectivity index (χ4n) is 2.33. The molecule has 0 radical (unpaired) electrons. The highest BCUT2D eigenvalue weighted by atomic mass is 79.9. The summed E-state index contributed by atoms with van der Waals surface area (Å²) in [5.41, 5.74) is 3.06. The minimum atomic E-state index is -0.373. The molecule has 0 aliphatic carbocycles. The van der Waals surface area contributed by atoms with Crippen molar-refractivity contribution < 1.29 is 14.3 Å². The molecule has 7 heteroatoms. The first-order chi connectivity index (χ1) is 11.9. The van der Waals surface area contributed by atoms with Crippen molar-refractivity contribution in [2.75, 3.05) is 0 Å². The zero-order chi connectivity index (χ0) is 18.0. The zero-order valence-electron chi connectivity index (χ0n) is 13.1. The maximum absolute atomic E-state index is 11.6. The van der Waals surface area contributed by atoms with E-state index in [9.17, 15) is 9.59 Å². The molecule has 0 aromatic heterocycles. The minimum Gasteiger partial charge on any atom is -0.487 e. The van der Waals surface area contributed by atoms with Crippen LogP contribution in [-0.2, 0) is 11.4 Å². The molecule has 1 heterocycles. The van der Waals surface area contributed by atoms with Crippen molar-refractivity contribution in [2.45, 2.75) is 13.5 Å². The summed E-state index contributed by atoms with van der Waals surface area (Å²) in [6.07, 6.45) is 1.67. The fraction of sp³-hybridized carbons (Fsp3) is 0.111. The molecule has 1 N–H and O–H groups in total. The van der Waals surface area contributed by atoms with Crippen molar-refractivity contribution in [3.63, 3.8) is 0 Å². The van der Waals surface area contributed by atoms with Crippen LogP contribution < -0.4 is 10.1 Å². The molecule has 0 bridgehead atoms. The molecule has 1 fully saturated rings. The van der Waals surface area contributed by atoms with E-state index in [2.05, 4.69) is 43.2 Å². The van der Waals surface area contributed by atoms with Gasteiger partial charge in [-0.1, -0.05) is 29.8 Å². The summed E-state index contributed by atoms with van der Waals surface area (Å²) in [5, 5.41) is 1.89. The van der Waals surface area contributed by atoms with Crippen LogP contribution in [0.2, 0.25) is 0 Å². The average Bonchev–Trinajstić information content (AvgIpc) is 2.84. The summed E-state index contributed by atoms with van der Waals surface area (Å²) in [7, 11) is 0. The SMILES string of the molecule is Cc1cccc(COc2c(Br)cc(/C=C3\SC(=O)NC3=O)cc2Br)c1. The monoisotopic (exact) mass is 481 g/mol. The number of benzene rings is 2. The van der Waals surface area contributed by atoms with E-state index in [-0.39, 0.29) is 11.1 Å². The van der Waals surface area contributed by atoms with E-state index in [1.165, 1.54) is 5.56 Å². The molecule has 1 aliphatic heterocycles. The predicted octanol–water partition coefficient (Wildman–Crippen LogP) is 5.42. The average molecular weight is 483 g/mol. The van der Waals surface area contributed by atoms with E-state index in [0.29, 0.717) is 17.3 Å². The molecule has 0 unspecified atom stereocenters. The van der Waals surface area contributed by atoms with Gasteiger partial charge >= 0.3 is 0 Å². The Hall–Kier alpha value is -1.57. The van der Waals surface area contributed by atoms with Gasteiger partial charge in [-0.25, -0.2) is 0 Å². The Morgan fingerprint density at radius 3 is 2.48 bits per heavy atom. The zero-order valence-corrected chi connectivity index (χ0v) is 17.1. The van der Waals surface area contributed by atoms with Crippen LogP contribution in [0.25, 0.3) is 6.08 Å². The summed E-state index contributed by atoms with van der Waals surface area (Å²) in [5.74, 6) is 0.310. The van der Waals surface area contributed by atoms with E-state index < -0.39 is 0 Å². The van der Waals surface area contributed by atoms with Crippen molar-refractivity contribution in [3.05, 3.63) is 66.9 Å². The van der Waals surface area contributed by atoms with Crippen LogP contribution in [0.15, 0.2) is 50.2 Å². The first-order valence-corrected chi connectivity index (χ1v) is 9.75. The van der Waals surface area contributed by atoms with E-state index in [1.807, 2.05) is 37.3 Å². The topological polar surface area (TPSA) is 55.4 Å². The molecule has 2 amide bonds. The lowest BCUT2D eigenvalue weighted by molar-refractivity contribution is -0.115. The number of amides is 2. The van der Waals surface area contributed by atoms with Gasteiger partial charge in [0.2, 0.25) is 0 Å². The Bertz CT molecular complexity index is 873. The van der Waals surface area contributed by atoms with Crippen molar-refractivity contribution in [1.82, 2.24) is 5.32 Å². The quantitative estimate of drug-likeness (QED) is 0.591. The molecular weight excluding hydrogens is 470 g/mol. The van der Waals surface area contributed by atoms with Crippen LogP contribution in [0.3, 0.4) is 0 Å². The summed E-state index contributed by atoms with van der Waals surface area (Å²) < 4.78 is 7.44. The molecule has 2 aromatic carbocycles. The van der Waals surface area contributed by atoms with Gasteiger partial charge in [-0.15, -0.1) is 0 Å². The summed E-state index contributed by atoms with van der Waals surface area (Å²) in [6.45, 7) is 2.49. The van der Waals surface area contributed by atoms with Gasteiger partial charge in [-0.3, -0.25) is 14.9 Å². The molecule has 2 aromatic rings. The lowest BCUT2D eigenvalue weighted by Crippen LogP contribution is -2.17. The van der Waals surface area contributed by atoms with Crippen LogP contribution in [0, 0.1) is 6.92 Å². The number of imide groups is 1. The molecule has 0 saturated carbocycles. The van der Waals surface area contributed by atoms with Gasteiger partial charge in [-0.05, 0) is 79.9 Å². The van der Waals surface area contributed by atoms with Gasteiger partial charge in [0.25, 0.3) is 11.1 Å². The Morgan fingerprint density at radius 2 is 1.88 bits per heavy atom. The van der Waals surface area contributed by atoms with Gasteiger partial charge in [0.15, 0.2) is 0 Å².